The Morgan fingerprint density at radius 1 is 1.27 bits per heavy atom. The van der Waals surface area contributed by atoms with Crippen LogP contribution in [0.3, 0.4) is 0 Å². The summed E-state index contributed by atoms with van der Waals surface area (Å²) in [6.07, 6.45) is 3.83. The molecule has 2 aliphatic rings. The molecule has 26 heavy (non-hydrogen) atoms. The predicted octanol–water partition coefficient (Wildman–Crippen LogP) is 2.51. The van der Waals surface area contributed by atoms with Crippen LogP contribution in [0.2, 0.25) is 0 Å². The van der Waals surface area contributed by atoms with E-state index in [1.807, 2.05) is 22.8 Å². The number of hydrogen-bond donors (Lipinski definition) is 2. The molecule has 1 unspecified atom stereocenters. The zero-order valence-electron chi connectivity index (χ0n) is 15.4. The second-order valence-corrected chi connectivity index (χ2v) is 7.42. The van der Waals surface area contributed by atoms with Crippen molar-refractivity contribution in [2.75, 3.05) is 26.2 Å². The SMILES string of the molecule is CCN(CC(=O)O)C1CC(NC(=O)N2CCCC(c3ccccc3)C2)C1. The van der Waals surface area contributed by atoms with E-state index >= 15 is 0 Å². The van der Waals surface area contributed by atoms with Gasteiger partial charge in [0.1, 0.15) is 0 Å². The van der Waals surface area contributed by atoms with Crippen LogP contribution in [-0.2, 0) is 4.79 Å². The van der Waals surface area contributed by atoms with Gasteiger partial charge in [0.15, 0.2) is 0 Å². The average Bonchev–Trinajstić information content (AvgIpc) is 2.63. The van der Waals surface area contributed by atoms with Gasteiger partial charge in [0.25, 0.3) is 0 Å². The maximum absolute atomic E-state index is 12.6. The molecule has 1 heterocycles. The largest absolute Gasteiger partial charge is 0.480 e. The minimum atomic E-state index is -0.792. The Labute approximate surface area is 155 Å². The molecule has 3 rings (SSSR count). The monoisotopic (exact) mass is 359 g/mol. The third-order valence-electron chi connectivity index (χ3n) is 5.68. The number of nitrogens with one attached hydrogen (secondary N) is 1. The van der Waals surface area contributed by atoms with Gasteiger partial charge in [0.05, 0.1) is 6.54 Å². The van der Waals surface area contributed by atoms with Gasteiger partial charge in [-0.3, -0.25) is 9.69 Å². The fourth-order valence-electron chi connectivity index (χ4n) is 4.10. The maximum atomic E-state index is 12.6. The fourth-order valence-corrected chi connectivity index (χ4v) is 4.10. The van der Waals surface area contributed by atoms with E-state index in [0.717, 1.165) is 45.3 Å². The van der Waals surface area contributed by atoms with Crippen molar-refractivity contribution < 1.29 is 14.7 Å². The first-order valence-corrected chi connectivity index (χ1v) is 9.63. The molecule has 0 bridgehead atoms. The van der Waals surface area contributed by atoms with Crippen LogP contribution in [0.1, 0.15) is 44.1 Å². The van der Waals surface area contributed by atoms with E-state index in [-0.39, 0.29) is 24.7 Å². The summed E-state index contributed by atoms with van der Waals surface area (Å²) in [5.41, 5.74) is 1.31. The normalized spacial score (nSPS) is 25.6. The maximum Gasteiger partial charge on any atom is 0.317 e. The minimum absolute atomic E-state index is 0.0235. The molecule has 6 heteroatoms. The average molecular weight is 359 g/mol. The van der Waals surface area contributed by atoms with Crippen LogP contribution >= 0.6 is 0 Å². The number of amides is 2. The molecular weight excluding hydrogens is 330 g/mol. The number of hydrogen-bond acceptors (Lipinski definition) is 3. The molecular formula is C20H29N3O3. The number of piperidine rings is 1. The smallest absolute Gasteiger partial charge is 0.317 e. The Kier molecular flexibility index (Phi) is 6.14. The molecule has 6 nitrogen and oxygen atoms in total. The van der Waals surface area contributed by atoms with Crippen molar-refractivity contribution in [1.82, 2.24) is 15.1 Å². The van der Waals surface area contributed by atoms with Gasteiger partial charge < -0.3 is 15.3 Å². The Morgan fingerprint density at radius 3 is 2.65 bits per heavy atom. The van der Waals surface area contributed by atoms with E-state index in [0.29, 0.717) is 5.92 Å². The molecule has 1 saturated carbocycles. The zero-order chi connectivity index (χ0) is 18.5. The van der Waals surface area contributed by atoms with E-state index in [1.54, 1.807) is 0 Å². The standard InChI is InChI=1S/C20H29N3O3/c1-2-22(14-19(24)25)18-11-17(12-18)21-20(26)23-10-6-9-16(13-23)15-7-4-3-5-8-15/h3-5,7-8,16-18H,2,6,9-14H2,1H3,(H,21,26)(H,24,25). The first-order valence-electron chi connectivity index (χ1n) is 9.63. The fraction of sp³-hybridized carbons (Fsp3) is 0.600. The molecule has 0 spiro atoms. The second kappa shape index (κ2) is 8.54. The highest BCUT2D eigenvalue weighted by molar-refractivity contribution is 5.75. The minimum Gasteiger partial charge on any atom is -0.480 e. The summed E-state index contributed by atoms with van der Waals surface area (Å²) in [6, 6.07) is 10.9. The lowest BCUT2D eigenvalue weighted by Crippen LogP contribution is -2.57. The summed E-state index contributed by atoms with van der Waals surface area (Å²) in [5, 5.41) is 12.1. The molecule has 1 aromatic carbocycles. The quantitative estimate of drug-likeness (QED) is 0.819. The highest BCUT2D eigenvalue weighted by Crippen LogP contribution is 2.28. The predicted molar refractivity (Wildman–Crippen MR) is 100 cm³/mol. The van der Waals surface area contributed by atoms with Gasteiger partial charge in [-0.15, -0.1) is 0 Å². The van der Waals surface area contributed by atoms with E-state index in [4.69, 9.17) is 5.11 Å². The summed E-state index contributed by atoms with van der Waals surface area (Å²) >= 11 is 0. The number of benzene rings is 1. The number of likely N-dealkylation sites (N-methyl/N-ethyl adjacent to an activating group) is 1. The van der Waals surface area contributed by atoms with Gasteiger partial charge in [-0.1, -0.05) is 37.3 Å². The third kappa shape index (κ3) is 4.55. The molecule has 142 valence electrons. The number of carbonyl (C=O) groups is 2. The number of likely N-dealkylation sites (tertiary alicyclic amines) is 1. The molecule has 0 aromatic heterocycles. The van der Waals surface area contributed by atoms with Crippen LogP contribution in [0, 0.1) is 0 Å². The highest BCUT2D eigenvalue weighted by Gasteiger charge is 2.36. The van der Waals surface area contributed by atoms with Crippen LogP contribution in [0.4, 0.5) is 4.79 Å². The number of carbonyl (C=O) groups excluding carboxylic acids is 1. The Balaban J connectivity index is 1.46. The van der Waals surface area contributed by atoms with Crippen LogP contribution in [0.25, 0.3) is 0 Å². The Morgan fingerprint density at radius 2 is 2.00 bits per heavy atom. The number of nitrogens with zero attached hydrogens (tertiary/aromatic N) is 2. The van der Waals surface area contributed by atoms with Crippen LogP contribution < -0.4 is 5.32 Å². The number of rotatable bonds is 6. The molecule has 2 fully saturated rings. The Hall–Kier alpha value is -2.08. The molecule has 0 radical (unpaired) electrons. The van der Waals surface area contributed by atoms with Crippen LogP contribution in [0.5, 0.6) is 0 Å². The topological polar surface area (TPSA) is 72.9 Å². The van der Waals surface area contributed by atoms with E-state index in [1.165, 1.54) is 5.56 Å². The first-order chi connectivity index (χ1) is 12.6. The van der Waals surface area contributed by atoms with E-state index < -0.39 is 5.97 Å². The van der Waals surface area contributed by atoms with Crippen molar-refractivity contribution in [3.63, 3.8) is 0 Å². The number of urea groups is 1. The molecule has 1 saturated heterocycles. The van der Waals surface area contributed by atoms with Crippen molar-refractivity contribution in [3.05, 3.63) is 35.9 Å². The van der Waals surface area contributed by atoms with Crippen LogP contribution in [0.15, 0.2) is 30.3 Å². The summed E-state index contributed by atoms with van der Waals surface area (Å²) in [7, 11) is 0. The second-order valence-electron chi connectivity index (χ2n) is 7.42. The summed E-state index contributed by atoms with van der Waals surface area (Å²) in [6.45, 7) is 4.36. The number of aliphatic carboxylic acids is 1. The van der Waals surface area contributed by atoms with Crippen molar-refractivity contribution >= 4 is 12.0 Å². The van der Waals surface area contributed by atoms with Gasteiger partial charge in [-0.25, -0.2) is 4.79 Å². The summed E-state index contributed by atoms with van der Waals surface area (Å²) in [5.74, 6) is -0.379. The van der Waals surface area contributed by atoms with Gasteiger partial charge in [0, 0.05) is 31.1 Å². The number of carboxylic acids is 1. The van der Waals surface area contributed by atoms with Crippen molar-refractivity contribution in [1.29, 1.82) is 0 Å². The van der Waals surface area contributed by atoms with E-state index in [9.17, 15) is 9.59 Å². The highest BCUT2D eigenvalue weighted by atomic mass is 16.4. The first kappa shape index (κ1) is 18.7. The van der Waals surface area contributed by atoms with Gasteiger partial charge in [-0.05, 0) is 37.8 Å². The molecule has 1 aliphatic heterocycles. The molecule has 1 aliphatic carbocycles. The lowest BCUT2D eigenvalue weighted by atomic mass is 9.85. The van der Waals surface area contributed by atoms with Crippen molar-refractivity contribution in [2.45, 2.75) is 50.6 Å². The molecule has 1 aromatic rings. The molecule has 1 atom stereocenters. The van der Waals surface area contributed by atoms with Crippen LogP contribution in [-0.4, -0.2) is 65.2 Å². The van der Waals surface area contributed by atoms with E-state index in [2.05, 4.69) is 29.6 Å². The van der Waals surface area contributed by atoms with Gasteiger partial charge >= 0.3 is 12.0 Å². The van der Waals surface area contributed by atoms with Crippen molar-refractivity contribution in [2.24, 2.45) is 0 Å². The molecule has 2 N–H and O–H groups in total. The number of carboxylic acid groups (broad SMARTS) is 1. The molecule has 2 amide bonds. The van der Waals surface area contributed by atoms with Crippen molar-refractivity contribution in [3.8, 4) is 0 Å². The summed E-state index contributed by atoms with van der Waals surface area (Å²) in [4.78, 5) is 27.4. The lowest BCUT2D eigenvalue weighted by molar-refractivity contribution is -0.139. The Bertz CT molecular complexity index is 616. The third-order valence-corrected chi connectivity index (χ3v) is 5.68. The summed E-state index contributed by atoms with van der Waals surface area (Å²) < 4.78 is 0. The zero-order valence-corrected chi connectivity index (χ0v) is 15.4. The van der Waals surface area contributed by atoms with Gasteiger partial charge in [-0.2, -0.15) is 0 Å². The van der Waals surface area contributed by atoms with Gasteiger partial charge in [0.2, 0.25) is 0 Å². The lowest BCUT2D eigenvalue weighted by Gasteiger charge is -2.43.